The number of Topliss-reactive ketones (excluding diaryl/α,β-unsaturated/α-hetero) is 1. The molecular weight excluding hydrogens is 259 g/mol. The number of halogens is 1. The molecular formula is C16H19FO3. The van der Waals surface area contributed by atoms with Gasteiger partial charge in [-0.2, -0.15) is 0 Å². The highest BCUT2D eigenvalue weighted by Gasteiger charge is 2.49. The first-order valence-electron chi connectivity index (χ1n) is 6.53. The first-order chi connectivity index (χ1) is 9.42. The molecule has 0 aliphatic rings. The maximum Gasteiger partial charge on any atom is 0.352 e. The van der Waals surface area contributed by atoms with Gasteiger partial charge in [-0.25, -0.2) is 9.18 Å². The normalized spacial score (nSPS) is 15.6. The number of rotatable bonds is 6. The predicted octanol–water partition coefficient (Wildman–Crippen LogP) is 3.20. The van der Waals surface area contributed by atoms with Gasteiger partial charge < -0.3 is 4.74 Å². The van der Waals surface area contributed by atoms with E-state index in [2.05, 4.69) is 4.74 Å². The van der Waals surface area contributed by atoms with Gasteiger partial charge in [-0.15, -0.1) is 0 Å². The molecule has 1 rings (SSSR count). The fraction of sp³-hybridized carbons (Fsp3) is 0.375. The van der Waals surface area contributed by atoms with Crippen LogP contribution in [0.25, 0.3) is 6.08 Å². The van der Waals surface area contributed by atoms with Crippen molar-refractivity contribution in [2.75, 3.05) is 6.61 Å². The zero-order valence-corrected chi connectivity index (χ0v) is 11.9. The summed E-state index contributed by atoms with van der Waals surface area (Å²) in [5, 5.41) is 0. The van der Waals surface area contributed by atoms with E-state index in [0.717, 1.165) is 12.5 Å². The zero-order chi connectivity index (χ0) is 15.2. The van der Waals surface area contributed by atoms with Crippen molar-refractivity contribution in [1.82, 2.24) is 0 Å². The van der Waals surface area contributed by atoms with E-state index in [1.54, 1.807) is 13.0 Å². The summed E-state index contributed by atoms with van der Waals surface area (Å²) in [6, 6.07) is 9.27. The van der Waals surface area contributed by atoms with Gasteiger partial charge in [-0.05, 0) is 19.4 Å². The summed E-state index contributed by atoms with van der Waals surface area (Å²) >= 11 is 0. The molecule has 0 bridgehead atoms. The van der Waals surface area contributed by atoms with Crippen LogP contribution in [0.1, 0.15) is 26.3 Å². The van der Waals surface area contributed by atoms with Crippen LogP contribution in [0.3, 0.4) is 0 Å². The summed E-state index contributed by atoms with van der Waals surface area (Å²) in [6.45, 7) is 4.15. The van der Waals surface area contributed by atoms with Gasteiger partial charge in [0.05, 0.1) is 6.61 Å². The molecule has 108 valence electrons. The number of allylic oxidation sites excluding steroid dienone is 1. The number of carbonyl (C=O) groups excluding carboxylic acids is 2. The molecule has 3 nitrogen and oxygen atoms in total. The van der Waals surface area contributed by atoms with E-state index < -0.39 is 23.3 Å². The lowest BCUT2D eigenvalue weighted by Crippen LogP contribution is -2.47. The summed E-state index contributed by atoms with van der Waals surface area (Å²) in [7, 11) is 0. The van der Waals surface area contributed by atoms with Crippen molar-refractivity contribution in [2.45, 2.75) is 26.4 Å². The van der Waals surface area contributed by atoms with E-state index in [1.165, 1.54) is 13.0 Å². The van der Waals surface area contributed by atoms with Gasteiger partial charge in [0, 0.05) is 5.92 Å². The summed E-state index contributed by atoms with van der Waals surface area (Å²) in [5.41, 5.74) is -1.77. The second-order valence-corrected chi connectivity index (χ2v) is 4.55. The Morgan fingerprint density at radius 2 is 1.95 bits per heavy atom. The molecule has 0 N–H and O–H groups in total. The average molecular weight is 278 g/mol. The Morgan fingerprint density at radius 1 is 1.35 bits per heavy atom. The van der Waals surface area contributed by atoms with Crippen LogP contribution in [0.15, 0.2) is 36.4 Å². The van der Waals surface area contributed by atoms with Gasteiger partial charge >= 0.3 is 5.97 Å². The third-order valence-corrected chi connectivity index (χ3v) is 3.09. The fourth-order valence-corrected chi connectivity index (χ4v) is 1.84. The molecule has 0 fully saturated rings. The number of esters is 1. The Hall–Kier alpha value is -1.97. The number of carbonyl (C=O) groups is 2. The largest absolute Gasteiger partial charge is 0.463 e. The van der Waals surface area contributed by atoms with Crippen LogP contribution in [-0.4, -0.2) is 24.0 Å². The highest BCUT2D eigenvalue weighted by atomic mass is 19.1. The zero-order valence-electron chi connectivity index (χ0n) is 11.9. The van der Waals surface area contributed by atoms with Crippen LogP contribution in [0.5, 0.6) is 0 Å². The standard InChI is InChI=1S/C16H19FO3/c1-4-20-15(19)16(17,13(3)18)12(2)10-11-14-8-6-5-7-9-14/h5-12H,4H2,1-3H3/b11-10+/t12-,16-/m1/s1. The van der Waals surface area contributed by atoms with Gasteiger partial charge in [0.2, 0.25) is 0 Å². The van der Waals surface area contributed by atoms with Crippen LogP contribution in [0.2, 0.25) is 0 Å². The van der Waals surface area contributed by atoms with Gasteiger partial charge in [-0.3, -0.25) is 4.79 Å². The van der Waals surface area contributed by atoms with E-state index in [0.29, 0.717) is 0 Å². The summed E-state index contributed by atoms with van der Waals surface area (Å²) in [4.78, 5) is 23.2. The molecule has 0 spiro atoms. The van der Waals surface area contributed by atoms with Gasteiger partial charge in [-0.1, -0.05) is 49.4 Å². The average Bonchev–Trinajstić information content (AvgIpc) is 2.44. The molecule has 0 saturated heterocycles. The number of ether oxygens (including phenoxy) is 1. The Morgan fingerprint density at radius 3 is 2.45 bits per heavy atom. The minimum absolute atomic E-state index is 0.0346. The Kier molecular flexibility index (Phi) is 5.62. The highest BCUT2D eigenvalue weighted by molar-refractivity contribution is 6.06. The van der Waals surface area contributed by atoms with Crippen molar-refractivity contribution in [3.8, 4) is 0 Å². The molecule has 0 unspecified atom stereocenters. The van der Waals surface area contributed by atoms with Crippen LogP contribution >= 0.6 is 0 Å². The van der Waals surface area contributed by atoms with E-state index >= 15 is 0 Å². The molecule has 4 heteroatoms. The molecule has 20 heavy (non-hydrogen) atoms. The number of alkyl halides is 1. The van der Waals surface area contributed by atoms with Gasteiger partial charge in [0.15, 0.2) is 5.78 Å². The van der Waals surface area contributed by atoms with Crippen molar-refractivity contribution in [3.63, 3.8) is 0 Å². The van der Waals surface area contributed by atoms with E-state index in [-0.39, 0.29) is 6.61 Å². The number of hydrogen-bond donors (Lipinski definition) is 0. The molecule has 2 atom stereocenters. The molecule has 0 aliphatic carbocycles. The molecule has 0 radical (unpaired) electrons. The quantitative estimate of drug-likeness (QED) is 0.593. The smallest absolute Gasteiger partial charge is 0.352 e. The van der Waals surface area contributed by atoms with Crippen LogP contribution in [-0.2, 0) is 14.3 Å². The number of hydrogen-bond acceptors (Lipinski definition) is 3. The predicted molar refractivity (Wildman–Crippen MR) is 75.8 cm³/mol. The SMILES string of the molecule is CCOC(=O)[C@](F)(C(C)=O)[C@H](C)/C=C/c1ccccc1. The third-order valence-electron chi connectivity index (χ3n) is 3.09. The van der Waals surface area contributed by atoms with E-state index in [4.69, 9.17) is 0 Å². The lowest BCUT2D eigenvalue weighted by atomic mass is 9.86. The number of ketones is 1. The summed E-state index contributed by atoms with van der Waals surface area (Å²) in [5.74, 6) is -2.88. The van der Waals surface area contributed by atoms with Gasteiger partial charge in [0.1, 0.15) is 0 Å². The number of benzene rings is 1. The molecule has 0 aromatic heterocycles. The van der Waals surface area contributed by atoms with E-state index in [9.17, 15) is 14.0 Å². The topological polar surface area (TPSA) is 43.4 Å². The van der Waals surface area contributed by atoms with Crippen molar-refractivity contribution in [1.29, 1.82) is 0 Å². The van der Waals surface area contributed by atoms with Crippen LogP contribution in [0, 0.1) is 5.92 Å². The molecule has 1 aromatic rings. The lowest BCUT2D eigenvalue weighted by Gasteiger charge is -2.24. The molecule has 0 amide bonds. The summed E-state index contributed by atoms with van der Waals surface area (Å²) in [6.07, 6.45) is 3.19. The molecule has 1 aromatic carbocycles. The maximum absolute atomic E-state index is 14.7. The third kappa shape index (κ3) is 3.53. The summed E-state index contributed by atoms with van der Waals surface area (Å²) < 4.78 is 19.4. The second kappa shape index (κ2) is 6.98. The lowest BCUT2D eigenvalue weighted by molar-refractivity contribution is -0.164. The Bertz CT molecular complexity index is 496. The Labute approximate surface area is 118 Å². The van der Waals surface area contributed by atoms with Crippen molar-refractivity contribution >= 4 is 17.8 Å². The van der Waals surface area contributed by atoms with Crippen LogP contribution < -0.4 is 0 Å². The molecule has 0 aliphatic heterocycles. The van der Waals surface area contributed by atoms with E-state index in [1.807, 2.05) is 30.3 Å². The monoisotopic (exact) mass is 278 g/mol. The highest BCUT2D eigenvalue weighted by Crippen LogP contribution is 2.27. The molecule has 0 saturated carbocycles. The maximum atomic E-state index is 14.7. The van der Waals surface area contributed by atoms with Crippen molar-refractivity contribution in [2.24, 2.45) is 5.92 Å². The second-order valence-electron chi connectivity index (χ2n) is 4.55. The fourth-order valence-electron chi connectivity index (χ4n) is 1.84. The first kappa shape index (κ1) is 16.1. The van der Waals surface area contributed by atoms with Crippen molar-refractivity contribution in [3.05, 3.63) is 42.0 Å². The minimum atomic E-state index is -2.64. The van der Waals surface area contributed by atoms with Crippen molar-refractivity contribution < 1.29 is 18.7 Å². The van der Waals surface area contributed by atoms with Crippen LogP contribution in [0.4, 0.5) is 4.39 Å². The van der Waals surface area contributed by atoms with Gasteiger partial charge in [0.25, 0.3) is 5.67 Å². The Balaban J connectivity index is 2.95. The molecule has 0 heterocycles. The minimum Gasteiger partial charge on any atom is -0.463 e. The first-order valence-corrected chi connectivity index (χ1v) is 6.53.